The van der Waals surface area contributed by atoms with Crippen molar-refractivity contribution in [3.8, 4) is 22.8 Å². The minimum absolute atomic E-state index is 0.0446. The SMILES string of the molecule is COc1cc(-c2cnc3cc(C(C)O)ccn23)cc(OC(F)F)c1C(=O)NC1CC1. The van der Waals surface area contributed by atoms with E-state index in [4.69, 9.17) is 4.74 Å². The number of nitrogens with one attached hydrogen (secondary N) is 1. The van der Waals surface area contributed by atoms with Crippen LogP contribution < -0.4 is 14.8 Å². The zero-order chi connectivity index (χ0) is 21.4. The molecule has 1 amide bonds. The van der Waals surface area contributed by atoms with Gasteiger partial charge < -0.3 is 19.9 Å². The number of aliphatic hydroxyl groups excluding tert-OH is 1. The van der Waals surface area contributed by atoms with Crippen molar-refractivity contribution < 1.29 is 28.2 Å². The third kappa shape index (κ3) is 3.93. The molecule has 7 nitrogen and oxygen atoms in total. The molecule has 1 aliphatic rings. The summed E-state index contributed by atoms with van der Waals surface area (Å²) >= 11 is 0. The van der Waals surface area contributed by atoms with Gasteiger partial charge in [-0.05, 0) is 49.6 Å². The zero-order valence-corrected chi connectivity index (χ0v) is 16.4. The minimum Gasteiger partial charge on any atom is -0.496 e. The highest BCUT2D eigenvalue weighted by Crippen LogP contribution is 2.37. The molecule has 0 saturated heterocycles. The normalized spacial score (nSPS) is 14.7. The van der Waals surface area contributed by atoms with Gasteiger partial charge in [0.25, 0.3) is 5.91 Å². The van der Waals surface area contributed by atoms with Gasteiger partial charge in [0.1, 0.15) is 22.7 Å². The Hall–Kier alpha value is -3.20. The number of aromatic nitrogens is 2. The van der Waals surface area contributed by atoms with Crippen LogP contribution in [0.5, 0.6) is 11.5 Å². The first-order chi connectivity index (χ1) is 14.4. The molecule has 4 rings (SSSR count). The van der Waals surface area contributed by atoms with Gasteiger partial charge in [-0.15, -0.1) is 0 Å². The van der Waals surface area contributed by atoms with Crippen molar-refractivity contribution in [1.29, 1.82) is 0 Å². The first-order valence-electron chi connectivity index (χ1n) is 9.50. The Balaban J connectivity index is 1.82. The summed E-state index contributed by atoms with van der Waals surface area (Å²) in [5, 5.41) is 12.5. The average molecular weight is 417 g/mol. The van der Waals surface area contributed by atoms with Crippen LogP contribution in [0.2, 0.25) is 0 Å². The number of imidazole rings is 1. The zero-order valence-electron chi connectivity index (χ0n) is 16.4. The number of hydrogen-bond acceptors (Lipinski definition) is 5. The molecule has 0 spiro atoms. The maximum Gasteiger partial charge on any atom is 0.387 e. The van der Waals surface area contributed by atoms with Gasteiger partial charge in [0.2, 0.25) is 0 Å². The van der Waals surface area contributed by atoms with Crippen molar-refractivity contribution >= 4 is 11.6 Å². The third-order valence-corrected chi connectivity index (χ3v) is 4.96. The molecule has 1 unspecified atom stereocenters. The van der Waals surface area contributed by atoms with E-state index in [2.05, 4.69) is 15.0 Å². The monoisotopic (exact) mass is 417 g/mol. The third-order valence-electron chi connectivity index (χ3n) is 4.96. The number of amides is 1. The Morgan fingerprint density at radius 3 is 2.67 bits per heavy atom. The second-order valence-corrected chi connectivity index (χ2v) is 7.19. The van der Waals surface area contributed by atoms with Crippen LogP contribution in [0.15, 0.2) is 36.7 Å². The Kier molecular flexibility index (Phi) is 5.29. The molecule has 3 aromatic rings. The van der Waals surface area contributed by atoms with Gasteiger partial charge in [-0.3, -0.25) is 9.20 Å². The highest BCUT2D eigenvalue weighted by atomic mass is 19.3. The maximum atomic E-state index is 13.1. The topological polar surface area (TPSA) is 85.1 Å². The first kappa shape index (κ1) is 20.1. The van der Waals surface area contributed by atoms with Crippen molar-refractivity contribution in [2.24, 2.45) is 0 Å². The van der Waals surface area contributed by atoms with Crippen LogP contribution >= 0.6 is 0 Å². The summed E-state index contributed by atoms with van der Waals surface area (Å²) in [7, 11) is 1.36. The molecular weight excluding hydrogens is 396 g/mol. The molecule has 2 heterocycles. The number of methoxy groups -OCH3 is 1. The van der Waals surface area contributed by atoms with Crippen LogP contribution in [0.1, 0.15) is 41.8 Å². The predicted octanol–water partition coefficient (Wildman–Crippen LogP) is 3.56. The molecule has 0 radical (unpaired) electrons. The molecule has 2 N–H and O–H groups in total. The van der Waals surface area contributed by atoms with Gasteiger partial charge in [-0.2, -0.15) is 8.78 Å². The summed E-state index contributed by atoms with van der Waals surface area (Å²) in [5.74, 6) is -0.666. The van der Waals surface area contributed by atoms with Crippen LogP contribution in [-0.4, -0.2) is 40.2 Å². The molecule has 2 aromatic heterocycles. The molecule has 1 aliphatic carbocycles. The number of carbonyl (C=O) groups is 1. The lowest BCUT2D eigenvalue weighted by Gasteiger charge is -2.16. The van der Waals surface area contributed by atoms with Gasteiger partial charge in [-0.25, -0.2) is 4.98 Å². The molecule has 0 bridgehead atoms. The van der Waals surface area contributed by atoms with Crippen molar-refractivity contribution in [3.63, 3.8) is 0 Å². The lowest BCUT2D eigenvalue weighted by atomic mass is 10.1. The van der Waals surface area contributed by atoms with Gasteiger partial charge in [0.05, 0.1) is 25.1 Å². The number of fused-ring (bicyclic) bond motifs is 1. The van der Waals surface area contributed by atoms with Crippen molar-refractivity contribution in [1.82, 2.24) is 14.7 Å². The first-order valence-corrected chi connectivity index (χ1v) is 9.50. The van der Waals surface area contributed by atoms with E-state index < -0.39 is 18.6 Å². The van der Waals surface area contributed by atoms with Gasteiger partial charge in [-0.1, -0.05) is 0 Å². The second-order valence-electron chi connectivity index (χ2n) is 7.19. The minimum atomic E-state index is -3.10. The quantitative estimate of drug-likeness (QED) is 0.614. The standard InChI is InChI=1S/C21H21F2N3O4/c1-11(27)12-5-6-26-15(10-24-18(26)9-12)13-7-16(29-2)19(17(8-13)30-21(22)23)20(28)25-14-3-4-14/h5-11,14,21,27H,3-4H2,1-2H3,(H,25,28). The Morgan fingerprint density at radius 2 is 2.03 bits per heavy atom. The molecule has 1 fully saturated rings. The van der Waals surface area contributed by atoms with Gasteiger partial charge >= 0.3 is 6.61 Å². The summed E-state index contributed by atoms with van der Waals surface area (Å²) in [6, 6.07) is 6.49. The molecule has 1 saturated carbocycles. The van der Waals surface area contributed by atoms with E-state index in [1.165, 1.54) is 13.2 Å². The van der Waals surface area contributed by atoms with E-state index >= 15 is 0 Å². The van der Waals surface area contributed by atoms with Gasteiger partial charge in [0, 0.05) is 17.8 Å². The maximum absolute atomic E-state index is 13.1. The average Bonchev–Trinajstić information content (AvgIpc) is 3.41. The van der Waals surface area contributed by atoms with Crippen LogP contribution in [0, 0.1) is 0 Å². The van der Waals surface area contributed by atoms with Crippen molar-refractivity contribution in [3.05, 3.63) is 47.8 Å². The molecule has 1 atom stereocenters. The van der Waals surface area contributed by atoms with E-state index in [1.807, 2.05) is 0 Å². The predicted molar refractivity (Wildman–Crippen MR) is 105 cm³/mol. The number of aliphatic hydroxyl groups is 1. The van der Waals surface area contributed by atoms with Crippen LogP contribution in [0.3, 0.4) is 0 Å². The Morgan fingerprint density at radius 1 is 1.30 bits per heavy atom. The molecule has 158 valence electrons. The van der Waals surface area contributed by atoms with E-state index in [9.17, 15) is 18.7 Å². The van der Waals surface area contributed by atoms with E-state index in [-0.39, 0.29) is 23.1 Å². The van der Waals surface area contributed by atoms with Crippen LogP contribution in [-0.2, 0) is 0 Å². The van der Waals surface area contributed by atoms with Crippen LogP contribution in [0.25, 0.3) is 16.9 Å². The van der Waals surface area contributed by atoms with Crippen molar-refractivity contribution in [2.75, 3.05) is 7.11 Å². The summed E-state index contributed by atoms with van der Waals surface area (Å²) in [5.41, 5.74) is 2.29. The summed E-state index contributed by atoms with van der Waals surface area (Å²) in [4.78, 5) is 17.0. The number of nitrogens with zero attached hydrogens (tertiary/aromatic N) is 2. The fourth-order valence-corrected chi connectivity index (χ4v) is 3.27. The fourth-order valence-electron chi connectivity index (χ4n) is 3.27. The number of alkyl halides is 2. The number of benzene rings is 1. The molecule has 30 heavy (non-hydrogen) atoms. The summed E-state index contributed by atoms with van der Waals surface area (Å²) < 4.78 is 37.9. The number of ether oxygens (including phenoxy) is 2. The highest BCUT2D eigenvalue weighted by molar-refractivity contribution is 6.01. The van der Waals surface area contributed by atoms with E-state index in [0.717, 1.165) is 12.8 Å². The lowest BCUT2D eigenvalue weighted by Crippen LogP contribution is -2.26. The second kappa shape index (κ2) is 7.91. The molecule has 9 heteroatoms. The number of halogens is 2. The fraction of sp³-hybridized carbons (Fsp3) is 0.333. The highest BCUT2D eigenvalue weighted by Gasteiger charge is 2.29. The van der Waals surface area contributed by atoms with Crippen LogP contribution in [0.4, 0.5) is 8.78 Å². The molecular formula is C21H21F2N3O4. The molecule has 1 aromatic carbocycles. The van der Waals surface area contributed by atoms with E-state index in [1.54, 1.807) is 41.9 Å². The largest absolute Gasteiger partial charge is 0.496 e. The number of hydrogen-bond donors (Lipinski definition) is 2. The summed E-state index contributed by atoms with van der Waals surface area (Å²) in [6.07, 6.45) is 4.37. The van der Waals surface area contributed by atoms with E-state index in [0.29, 0.717) is 22.5 Å². The Labute approximate surface area is 171 Å². The smallest absolute Gasteiger partial charge is 0.387 e. The van der Waals surface area contributed by atoms with Gasteiger partial charge in [0.15, 0.2) is 0 Å². The number of rotatable bonds is 7. The van der Waals surface area contributed by atoms with Crippen molar-refractivity contribution in [2.45, 2.75) is 38.5 Å². The Bertz CT molecular complexity index is 1090. The summed E-state index contributed by atoms with van der Waals surface area (Å²) in [6.45, 7) is -1.45. The number of pyridine rings is 1. The molecule has 0 aliphatic heterocycles. The lowest BCUT2D eigenvalue weighted by molar-refractivity contribution is -0.0502. The number of carbonyl (C=O) groups excluding carboxylic acids is 1.